The zero-order valence-electron chi connectivity index (χ0n) is 14.1. The fourth-order valence-electron chi connectivity index (χ4n) is 2.60. The van der Waals surface area contributed by atoms with E-state index in [4.69, 9.17) is 4.74 Å². The molecule has 0 amide bonds. The van der Waals surface area contributed by atoms with E-state index < -0.39 is 0 Å². The maximum absolute atomic E-state index is 9.58. The van der Waals surface area contributed by atoms with Crippen molar-refractivity contribution in [2.45, 2.75) is 38.8 Å². The number of methoxy groups -OCH3 is 1. The first-order valence-electron chi connectivity index (χ1n) is 8.13. The number of pyridine rings is 1. The Morgan fingerprint density at radius 2 is 1.61 bits per heavy atom. The normalized spacial score (nSPS) is 13.9. The van der Waals surface area contributed by atoms with Crippen LogP contribution in [0.2, 0.25) is 0 Å². The number of rotatable bonds is 7. The second kappa shape index (κ2) is 8.49. The van der Waals surface area contributed by atoms with E-state index >= 15 is 0 Å². The van der Waals surface area contributed by atoms with Crippen molar-refractivity contribution in [3.8, 4) is 5.75 Å². The van der Waals surface area contributed by atoms with E-state index in [9.17, 15) is 5.11 Å². The van der Waals surface area contributed by atoms with Crippen LogP contribution >= 0.6 is 0 Å². The summed E-state index contributed by atoms with van der Waals surface area (Å²) in [4.78, 5) is 0. The van der Waals surface area contributed by atoms with Crippen molar-refractivity contribution in [1.82, 2.24) is 0 Å². The molecule has 2 atom stereocenters. The predicted molar refractivity (Wildman–Crippen MR) is 94.2 cm³/mol. The number of hydrogen-bond donors (Lipinski definition) is 1. The lowest BCUT2D eigenvalue weighted by Gasteiger charge is -2.12. The minimum absolute atomic E-state index is 0.276. The van der Waals surface area contributed by atoms with E-state index in [1.807, 2.05) is 31.2 Å². The summed E-state index contributed by atoms with van der Waals surface area (Å²) in [5, 5.41) is 9.58. The van der Waals surface area contributed by atoms with Crippen LogP contribution in [0.25, 0.3) is 12.2 Å². The second-order valence-electron chi connectivity index (χ2n) is 5.83. The highest BCUT2D eigenvalue weighted by Crippen LogP contribution is 2.14. The van der Waals surface area contributed by atoms with Gasteiger partial charge in [-0.3, -0.25) is 0 Å². The van der Waals surface area contributed by atoms with Gasteiger partial charge in [0, 0.05) is 25.0 Å². The Balaban J connectivity index is 2.05. The summed E-state index contributed by atoms with van der Waals surface area (Å²) in [5.41, 5.74) is 2.30. The van der Waals surface area contributed by atoms with E-state index in [0.717, 1.165) is 29.7 Å². The monoisotopic (exact) mass is 312 g/mol. The van der Waals surface area contributed by atoms with Gasteiger partial charge in [0.25, 0.3) is 0 Å². The summed E-state index contributed by atoms with van der Waals surface area (Å²) in [5.74, 6) is 0.867. The van der Waals surface area contributed by atoms with Crippen molar-refractivity contribution < 1.29 is 14.4 Å². The molecule has 0 aliphatic heterocycles. The lowest BCUT2D eigenvalue weighted by Crippen LogP contribution is -2.39. The maximum atomic E-state index is 9.58. The fraction of sp³-hybridized carbons (Fsp3) is 0.350. The summed E-state index contributed by atoms with van der Waals surface area (Å²) in [6, 6.07) is 12.5. The molecule has 0 aliphatic rings. The Bertz CT molecular complexity index is 615. The number of aliphatic hydroxyl groups is 1. The molecule has 0 radical (unpaired) electrons. The first kappa shape index (κ1) is 17.2. The smallest absolute Gasteiger partial charge is 0.169 e. The molecule has 2 unspecified atom stereocenters. The van der Waals surface area contributed by atoms with Gasteiger partial charge < -0.3 is 9.84 Å². The molecule has 122 valence electrons. The molecule has 23 heavy (non-hydrogen) atoms. The number of hydrogen-bond acceptors (Lipinski definition) is 2. The van der Waals surface area contributed by atoms with E-state index in [1.165, 1.54) is 0 Å². The van der Waals surface area contributed by atoms with Gasteiger partial charge in [-0.1, -0.05) is 31.2 Å². The number of ether oxygens (including phenoxy) is 1. The Labute approximate surface area is 138 Å². The maximum Gasteiger partial charge on any atom is 0.169 e. The van der Waals surface area contributed by atoms with Crippen LogP contribution in [-0.4, -0.2) is 18.3 Å². The number of nitrogens with zero attached hydrogens (tertiary/aromatic N) is 1. The van der Waals surface area contributed by atoms with Crippen LogP contribution in [0, 0.1) is 0 Å². The van der Waals surface area contributed by atoms with E-state index in [0.29, 0.717) is 6.04 Å². The summed E-state index contributed by atoms with van der Waals surface area (Å²) in [6.07, 6.45) is 9.88. The minimum Gasteiger partial charge on any atom is -0.497 e. The van der Waals surface area contributed by atoms with E-state index in [2.05, 4.69) is 48.2 Å². The van der Waals surface area contributed by atoms with Crippen LogP contribution in [-0.2, 0) is 0 Å². The number of aromatic nitrogens is 1. The van der Waals surface area contributed by atoms with Gasteiger partial charge in [0.2, 0.25) is 0 Å². The molecule has 0 spiro atoms. The van der Waals surface area contributed by atoms with Crippen molar-refractivity contribution in [1.29, 1.82) is 0 Å². The molecule has 1 aromatic heterocycles. The average molecular weight is 312 g/mol. The van der Waals surface area contributed by atoms with Crippen LogP contribution in [0.15, 0.2) is 48.8 Å². The Morgan fingerprint density at radius 3 is 2.09 bits per heavy atom. The lowest BCUT2D eigenvalue weighted by atomic mass is 10.1. The molecule has 0 fully saturated rings. The standard InChI is InChI=1S/C20H26NO2/c1-4-19(15-16(2)22)21-13-11-18(12-14-21)6-5-17-7-9-20(23-3)10-8-17/h5-14,16,19,22H,4,15H2,1-3H3/q+1. The Hall–Kier alpha value is -2.13. The molecule has 0 bridgehead atoms. The van der Waals surface area contributed by atoms with Crippen LogP contribution in [0.3, 0.4) is 0 Å². The molecule has 3 nitrogen and oxygen atoms in total. The zero-order chi connectivity index (χ0) is 16.7. The predicted octanol–water partition coefficient (Wildman–Crippen LogP) is 3.88. The fourth-order valence-corrected chi connectivity index (χ4v) is 2.60. The highest BCUT2D eigenvalue weighted by atomic mass is 16.5. The van der Waals surface area contributed by atoms with Crippen molar-refractivity contribution in [2.75, 3.05) is 7.11 Å². The molecular weight excluding hydrogens is 286 g/mol. The molecule has 3 heteroatoms. The first-order chi connectivity index (χ1) is 11.1. The molecule has 0 saturated heterocycles. The van der Waals surface area contributed by atoms with Crippen LogP contribution < -0.4 is 9.30 Å². The Kier molecular flexibility index (Phi) is 6.36. The number of aliphatic hydroxyl groups excluding tert-OH is 1. The van der Waals surface area contributed by atoms with Gasteiger partial charge in [-0.2, -0.15) is 0 Å². The van der Waals surface area contributed by atoms with Crippen molar-refractivity contribution >= 4 is 12.2 Å². The van der Waals surface area contributed by atoms with Gasteiger partial charge in [0.15, 0.2) is 18.4 Å². The molecule has 0 saturated carbocycles. The van der Waals surface area contributed by atoms with Crippen LogP contribution in [0.1, 0.15) is 43.9 Å². The summed E-state index contributed by atoms with van der Waals surface area (Å²) in [7, 11) is 1.67. The van der Waals surface area contributed by atoms with Crippen molar-refractivity contribution in [3.63, 3.8) is 0 Å². The molecule has 0 aliphatic carbocycles. The number of benzene rings is 1. The lowest BCUT2D eigenvalue weighted by molar-refractivity contribution is -0.724. The SMILES string of the molecule is CCC(CC(C)O)[n+]1ccc(C=Cc2ccc(OC)cc2)cc1. The van der Waals surface area contributed by atoms with Crippen molar-refractivity contribution in [2.24, 2.45) is 0 Å². The molecule has 2 aromatic rings. The quantitative estimate of drug-likeness (QED) is 0.787. The third kappa shape index (κ3) is 5.22. The second-order valence-corrected chi connectivity index (χ2v) is 5.83. The van der Waals surface area contributed by atoms with Gasteiger partial charge in [0.05, 0.1) is 13.2 Å². The molecule has 1 heterocycles. The largest absolute Gasteiger partial charge is 0.497 e. The van der Waals surface area contributed by atoms with E-state index in [-0.39, 0.29) is 6.10 Å². The van der Waals surface area contributed by atoms with Gasteiger partial charge in [-0.05, 0) is 30.2 Å². The van der Waals surface area contributed by atoms with Crippen LogP contribution in [0.5, 0.6) is 5.75 Å². The topological polar surface area (TPSA) is 33.3 Å². The van der Waals surface area contributed by atoms with Gasteiger partial charge in [-0.25, -0.2) is 4.57 Å². The summed E-state index contributed by atoms with van der Waals surface area (Å²) < 4.78 is 7.34. The van der Waals surface area contributed by atoms with E-state index in [1.54, 1.807) is 7.11 Å². The summed E-state index contributed by atoms with van der Waals surface area (Å²) >= 11 is 0. The Morgan fingerprint density at radius 1 is 1.04 bits per heavy atom. The zero-order valence-corrected chi connectivity index (χ0v) is 14.1. The molecular formula is C20H26NO2+. The minimum atomic E-state index is -0.276. The molecule has 2 rings (SSSR count). The third-order valence-corrected chi connectivity index (χ3v) is 3.97. The first-order valence-corrected chi connectivity index (χ1v) is 8.13. The van der Waals surface area contributed by atoms with Gasteiger partial charge in [-0.15, -0.1) is 0 Å². The van der Waals surface area contributed by atoms with Gasteiger partial charge in [0.1, 0.15) is 5.75 Å². The summed E-state index contributed by atoms with van der Waals surface area (Å²) in [6.45, 7) is 3.99. The third-order valence-electron chi connectivity index (χ3n) is 3.97. The van der Waals surface area contributed by atoms with Crippen molar-refractivity contribution in [3.05, 3.63) is 59.9 Å². The van der Waals surface area contributed by atoms with Crippen LogP contribution in [0.4, 0.5) is 0 Å². The highest BCUT2D eigenvalue weighted by molar-refractivity contribution is 5.69. The molecule has 1 N–H and O–H groups in total. The average Bonchev–Trinajstić information content (AvgIpc) is 2.58. The van der Waals surface area contributed by atoms with Gasteiger partial charge >= 0.3 is 0 Å². The molecule has 1 aromatic carbocycles. The highest BCUT2D eigenvalue weighted by Gasteiger charge is 2.17.